The molecule has 4 heterocycles. The van der Waals surface area contributed by atoms with Crippen LogP contribution in [0.4, 0.5) is 0 Å². The first-order valence-electron chi connectivity index (χ1n) is 11.4. The van der Waals surface area contributed by atoms with E-state index in [0.29, 0.717) is 22.8 Å². The van der Waals surface area contributed by atoms with Crippen molar-refractivity contribution in [3.05, 3.63) is 63.6 Å². The van der Waals surface area contributed by atoms with Crippen LogP contribution in [-0.2, 0) is 22.7 Å². The highest BCUT2D eigenvalue weighted by Gasteiger charge is 2.56. The predicted octanol–water partition coefficient (Wildman–Crippen LogP) is 1.44. The van der Waals surface area contributed by atoms with Gasteiger partial charge in [0.15, 0.2) is 11.5 Å². The number of ether oxygens (including phenoxy) is 2. The first kappa shape index (κ1) is 22.2. The van der Waals surface area contributed by atoms with Gasteiger partial charge in [-0.15, -0.1) is 0 Å². The van der Waals surface area contributed by atoms with Gasteiger partial charge in [-0.1, -0.05) is 18.2 Å². The van der Waals surface area contributed by atoms with Crippen molar-refractivity contribution in [1.29, 1.82) is 0 Å². The fourth-order valence-electron chi connectivity index (χ4n) is 5.52. The number of aliphatic hydroxyl groups excluding tert-OH is 1. The maximum absolute atomic E-state index is 13.5. The topological polar surface area (TPSA) is 110 Å². The Morgan fingerprint density at radius 1 is 1.21 bits per heavy atom. The van der Waals surface area contributed by atoms with Gasteiger partial charge in [-0.2, -0.15) is 0 Å². The molecule has 2 aromatic rings. The Morgan fingerprint density at radius 3 is 2.74 bits per heavy atom. The second kappa shape index (κ2) is 8.64. The number of nitrogens with one attached hydrogen (secondary N) is 1. The number of benzene rings is 1. The van der Waals surface area contributed by atoms with E-state index in [0.717, 1.165) is 5.56 Å². The maximum Gasteiger partial charge on any atom is 0.258 e. The number of rotatable bonds is 5. The van der Waals surface area contributed by atoms with Gasteiger partial charge in [0.1, 0.15) is 0 Å². The molecule has 1 fully saturated rings. The van der Waals surface area contributed by atoms with E-state index in [-0.39, 0.29) is 43.9 Å². The molecule has 0 spiro atoms. The van der Waals surface area contributed by atoms with E-state index in [2.05, 4.69) is 5.32 Å². The van der Waals surface area contributed by atoms with E-state index in [1.165, 1.54) is 6.92 Å². The number of aromatic nitrogens is 1. The quantitative estimate of drug-likeness (QED) is 0.692. The minimum atomic E-state index is -0.686. The molecular formula is C25H27N3O6. The molecule has 1 aromatic carbocycles. The van der Waals surface area contributed by atoms with E-state index < -0.39 is 23.9 Å². The van der Waals surface area contributed by atoms with E-state index in [4.69, 9.17) is 9.47 Å². The standard InChI is InChI=1S/C25H27N3O6/c1-3-4-16-6-7-18-23-22(17(12-29)19(28(23)14(2)30)11-27(18)25(16)32)24(31)26-10-15-5-8-20-21(9-15)34-13-33-20/h3-9,17,19,22-23,29H,10-13H2,1-2H3,(H,26,31)/b4-3+/t17-,19-,22+,23+/m0/s1. The summed E-state index contributed by atoms with van der Waals surface area (Å²) in [5.74, 6) is -0.338. The molecule has 1 aromatic heterocycles. The zero-order valence-electron chi connectivity index (χ0n) is 19.1. The van der Waals surface area contributed by atoms with Gasteiger partial charge in [0.25, 0.3) is 5.56 Å². The van der Waals surface area contributed by atoms with Crippen molar-refractivity contribution in [3.63, 3.8) is 0 Å². The number of amides is 2. The summed E-state index contributed by atoms with van der Waals surface area (Å²) >= 11 is 0. The smallest absolute Gasteiger partial charge is 0.258 e. The number of fused-ring (bicyclic) bond motifs is 5. The molecular weight excluding hydrogens is 438 g/mol. The van der Waals surface area contributed by atoms with E-state index in [9.17, 15) is 19.5 Å². The summed E-state index contributed by atoms with van der Waals surface area (Å²) in [6.45, 7) is 3.71. The van der Waals surface area contributed by atoms with E-state index in [1.807, 2.05) is 25.1 Å². The van der Waals surface area contributed by atoms with Crippen LogP contribution in [0.5, 0.6) is 11.5 Å². The Balaban J connectivity index is 1.47. The summed E-state index contributed by atoms with van der Waals surface area (Å²) in [6.07, 6.45) is 3.54. The van der Waals surface area contributed by atoms with Gasteiger partial charge in [-0.3, -0.25) is 14.4 Å². The summed E-state index contributed by atoms with van der Waals surface area (Å²) in [5, 5.41) is 13.2. The number of nitrogens with zero attached hydrogens (tertiary/aromatic N) is 2. The Kier molecular flexibility index (Phi) is 5.65. The second-order valence-electron chi connectivity index (χ2n) is 8.85. The molecule has 4 atom stereocenters. The van der Waals surface area contributed by atoms with Gasteiger partial charge >= 0.3 is 0 Å². The maximum atomic E-state index is 13.5. The van der Waals surface area contributed by atoms with Crippen molar-refractivity contribution in [2.45, 2.75) is 39.0 Å². The predicted molar refractivity (Wildman–Crippen MR) is 123 cm³/mol. The van der Waals surface area contributed by atoms with Gasteiger partial charge in [-0.05, 0) is 36.8 Å². The second-order valence-corrected chi connectivity index (χ2v) is 8.85. The van der Waals surface area contributed by atoms with Crippen molar-refractivity contribution in [1.82, 2.24) is 14.8 Å². The monoisotopic (exact) mass is 465 g/mol. The molecule has 1 saturated heterocycles. The van der Waals surface area contributed by atoms with E-state index in [1.54, 1.807) is 33.8 Å². The SMILES string of the molecule is C/C=C/c1ccc2n(c1=O)C[C@H]1[C@H](CO)[C@@H](C(=O)NCc3ccc4c(c3)OCO4)[C@@H]2N1C(C)=O. The Bertz CT molecular complexity index is 1240. The van der Waals surface area contributed by atoms with Crippen LogP contribution in [0.15, 0.2) is 41.2 Å². The first-order valence-corrected chi connectivity index (χ1v) is 11.4. The average Bonchev–Trinajstić information content (AvgIpc) is 3.39. The van der Waals surface area contributed by atoms with Gasteiger partial charge < -0.3 is 29.4 Å². The van der Waals surface area contributed by atoms with Crippen molar-refractivity contribution in [2.75, 3.05) is 13.4 Å². The number of hydrogen-bond donors (Lipinski definition) is 2. The van der Waals surface area contributed by atoms with Gasteiger partial charge in [0.05, 0.1) is 18.0 Å². The Labute approximate surface area is 196 Å². The van der Waals surface area contributed by atoms with E-state index >= 15 is 0 Å². The summed E-state index contributed by atoms with van der Waals surface area (Å²) in [7, 11) is 0. The molecule has 0 aliphatic carbocycles. The minimum absolute atomic E-state index is 0.160. The molecule has 5 rings (SSSR count). The molecule has 2 bridgehead atoms. The highest BCUT2D eigenvalue weighted by atomic mass is 16.7. The number of aliphatic hydroxyl groups is 1. The van der Waals surface area contributed by atoms with Gasteiger partial charge in [-0.25, -0.2) is 0 Å². The van der Waals surface area contributed by atoms with Crippen LogP contribution in [0.25, 0.3) is 6.08 Å². The molecule has 3 aliphatic rings. The fraction of sp³-hybridized carbons (Fsp3) is 0.400. The molecule has 0 unspecified atom stereocenters. The molecule has 9 heteroatoms. The molecule has 2 N–H and O–H groups in total. The largest absolute Gasteiger partial charge is 0.454 e. The van der Waals surface area contributed by atoms with Crippen LogP contribution in [0.2, 0.25) is 0 Å². The van der Waals surface area contributed by atoms with Gasteiger partial charge in [0, 0.05) is 43.8 Å². The van der Waals surface area contributed by atoms with Crippen LogP contribution in [0.3, 0.4) is 0 Å². The molecule has 0 radical (unpaired) electrons. The third kappa shape index (κ3) is 3.47. The van der Waals surface area contributed by atoms with Gasteiger partial charge in [0.2, 0.25) is 18.6 Å². The van der Waals surface area contributed by atoms with Crippen molar-refractivity contribution < 1.29 is 24.2 Å². The third-order valence-corrected chi connectivity index (χ3v) is 6.99. The summed E-state index contributed by atoms with van der Waals surface area (Å²) in [4.78, 5) is 40.9. The van der Waals surface area contributed by atoms with Crippen LogP contribution in [0, 0.1) is 11.8 Å². The first-order chi connectivity index (χ1) is 16.4. The van der Waals surface area contributed by atoms with Crippen molar-refractivity contribution in [3.8, 4) is 11.5 Å². The number of allylic oxidation sites excluding steroid dienone is 1. The van der Waals surface area contributed by atoms with Crippen molar-refractivity contribution >= 4 is 17.9 Å². The highest BCUT2D eigenvalue weighted by molar-refractivity contribution is 5.83. The fourth-order valence-corrected chi connectivity index (χ4v) is 5.52. The lowest BCUT2D eigenvalue weighted by molar-refractivity contribution is -0.134. The molecule has 34 heavy (non-hydrogen) atoms. The molecule has 3 aliphatic heterocycles. The normalized spacial score (nSPS) is 24.4. The van der Waals surface area contributed by atoms with Crippen LogP contribution >= 0.6 is 0 Å². The molecule has 2 amide bonds. The minimum Gasteiger partial charge on any atom is -0.454 e. The summed E-state index contributed by atoms with van der Waals surface area (Å²) in [6, 6.07) is 7.93. The zero-order chi connectivity index (χ0) is 24.0. The lowest BCUT2D eigenvalue weighted by Gasteiger charge is -2.37. The van der Waals surface area contributed by atoms with Crippen LogP contribution in [0.1, 0.15) is 36.7 Å². The number of carbonyl (C=O) groups is 2. The van der Waals surface area contributed by atoms with Crippen LogP contribution < -0.4 is 20.3 Å². The summed E-state index contributed by atoms with van der Waals surface area (Å²) < 4.78 is 12.4. The molecule has 178 valence electrons. The Hall–Kier alpha value is -3.59. The zero-order valence-corrected chi connectivity index (χ0v) is 19.1. The average molecular weight is 466 g/mol. The third-order valence-electron chi connectivity index (χ3n) is 6.99. The lowest BCUT2D eigenvalue weighted by Crippen LogP contribution is -2.48. The number of hydrogen-bond acceptors (Lipinski definition) is 6. The molecule has 9 nitrogen and oxygen atoms in total. The molecule has 0 saturated carbocycles. The number of pyridine rings is 1. The Morgan fingerprint density at radius 2 is 2.00 bits per heavy atom. The number of carbonyl (C=O) groups excluding carboxylic acids is 2. The van der Waals surface area contributed by atoms with Crippen molar-refractivity contribution in [2.24, 2.45) is 11.8 Å². The van der Waals surface area contributed by atoms with Crippen LogP contribution in [-0.4, -0.2) is 45.8 Å². The summed E-state index contributed by atoms with van der Waals surface area (Å²) in [5.41, 5.74) is 1.84. The lowest BCUT2D eigenvalue weighted by atomic mass is 9.86. The highest BCUT2D eigenvalue weighted by Crippen LogP contribution is 2.48.